The number of rotatable bonds is 5. The molecule has 4 heteroatoms. The quantitative estimate of drug-likeness (QED) is 0.883. The van der Waals surface area contributed by atoms with Crippen molar-refractivity contribution in [3.05, 3.63) is 48.0 Å². The number of fused-ring (bicyclic) bond motifs is 1. The summed E-state index contributed by atoms with van der Waals surface area (Å²) >= 11 is 0. The van der Waals surface area contributed by atoms with Gasteiger partial charge in [0.2, 0.25) is 5.91 Å². The summed E-state index contributed by atoms with van der Waals surface area (Å²) < 4.78 is 0. The minimum Gasteiger partial charge on any atom is -0.392 e. The third kappa shape index (κ3) is 3.13. The lowest BCUT2D eigenvalue weighted by atomic mass is 10.0. The van der Waals surface area contributed by atoms with Crippen molar-refractivity contribution >= 4 is 16.7 Å². The Morgan fingerprint density at radius 3 is 2.82 bits per heavy atom. The van der Waals surface area contributed by atoms with Gasteiger partial charge in [0.05, 0.1) is 12.1 Å². The van der Waals surface area contributed by atoms with Crippen LogP contribution in [0.15, 0.2) is 42.5 Å². The van der Waals surface area contributed by atoms with Crippen molar-refractivity contribution in [1.29, 1.82) is 0 Å². The normalized spacial score (nSPS) is 22.2. The average molecular weight is 298 g/mol. The molecule has 2 atom stereocenters. The summed E-state index contributed by atoms with van der Waals surface area (Å²) in [6, 6.07) is 14.4. The molecule has 1 aliphatic heterocycles. The molecule has 2 aromatic rings. The Morgan fingerprint density at radius 2 is 2.00 bits per heavy atom. The Balaban J connectivity index is 1.64. The van der Waals surface area contributed by atoms with Crippen molar-refractivity contribution < 1.29 is 9.90 Å². The molecule has 0 aromatic heterocycles. The van der Waals surface area contributed by atoms with Gasteiger partial charge in [0, 0.05) is 6.54 Å². The number of hydrogen-bond donors (Lipinski definition) is 2. The molecule has 3 N–H and O–H groups in total. The van der Waals surface area contributed by atoms with E-state index in [0.29, 0.717) is 13.0 Å². The molecule has 22 heavy (non-hydrogen) atoms. The molecule has 0 spiro atoms. The van der Waals surface area contributed by atoms with E-state index in [-0.39, 0.29) is 11.9 Å². The zero-order valence-electron chi connectivity index (χ0n) is 12.6. The van der Waals surface area contributed by atoms with E-state index in [1.807, 2.05) is 4.90 Å². The number of β-amino-alcohol motifs (C(OH)–C–C–N with tert-alkyl or cyclic N) is 1. The molecule has 1 amide bonds. The van der Waals surface area contributed by atoms with Gasteiger partial charge >= 0.3 is 0 Å². The maximum atomic E-state index is 11.4. The van der Waals surface area contributed by atoms with Crippen LogP contribution in [-0.2, 0) is 11.2 Å². The van der Waals surface area contributed by atoms with E-state index in [0.717, 1.165) is 19.4 Å². The van der Waals surface area contributed by atoms with Gasteiger partial charge in [0.25, 0.3) is 0 Å². The zero-order valence-corrected chi connectivity index (χ0v) is 12.6. The van der Waals surface area contributed by atoms with Gasteiger partial charge in [-0.15, -0.1) is 0 Å². The van der Waals surface area contributed by atoms with Crippen LogP contribution in [-0.4, -0.2) is 41.1 Å². The van der Waals surface area contributed by atoms with Gasteiger partial charge in [-0.2, -0.15) is 0 Å². The highest BCUT2D eigenvalue weighted by Crippen LogP contribution is 2.21. The molecular weight excluding hydrogens is 276 g/mol. The van der Waals surface area contributed by atoms with Gasteiger partial charge in [-0.25, -0.2) is 0 Å². The second-order valence-corrected chi connectivity index (χ2v) is 6.04. The first-order chi connectivity index (χ1) is 10.6. The molecule has 116 valence electrons. The van der Waals surface area contributed by atoms with E-state index in [4.69, 9.17) is 5.73 Å². The van der Waals surface area contributed by atoms with E-state index in [9.17, 15) is 9.90 Å². The molecule has 2 unspecified atom stereocenters. The summed E-state index contributed by atoms with van der Waals surface area (Å²) in [5.74, 6) is -0.332. The number of nitrogens with zero attached hydrogens (tertiary/aromatic N) is 1. The van der Waals surface area contributed by atoms with Crippen LogP contribution >= 0.6 is 0 Å². The average Bonchev–Trinajstić information content (AvgIpc) is 2.89. The summed E-state index contributed by atoms with van der Waals surface area (Å²) in [6.45, 7) is 1.33. The largest absolute Gasteiger partial charge is 0.392 e. The number of hydrogen-bond acceptors (Lipinski definition) is 3. The lowest BCUT2D eigenvalue weighted by molar-refractivity contribution is -0.122. The van der Waals surface area contributed by atoms with Crippen LogP contribution in [0, 0.1) is 0 Å². The molecule has 0 aliphatic carbocycles. The number of primary amides is 1. The highest BCUT2D eigenvalue weighted by atomic mass is 16.3. The number of amides is 1. The van der Waals surface area contributed by atoms with Crippen LogP contribution in [0.3, 0.4) is 0 Å². The van der Waals surface area contributed by atoms with E-state index in [1.54, 1.807) is 0 Å². The predicted octanol–water partition coefficient (Wildman–Crippen LogP) is 1.69. The molecule has 0 radical (unpaired) electrons. The number of carbonyl (C=O) groups is 1. The van der Waals surface area contributed by atoms with E-state index >= 15 is 0 Å². The summed E-state index contributed by atoms with van der Waals surface area (Å²) in [5, 5.41) is 12.3. The highest BCUT2D eigenvalue weighted by Gasteiger charge is 2.33. The smallest absolute Gasteiger partial charge is 0.234 e. The van der Waals surface area contributed by atoms with Crippen LogP contribution in [0.1, 0.15) is 18.4 Å². The van der Waals surface area contributed by atoms with E-state index < -0.39 is 6.10 Å². The molecular formula is C18H22N2O2. The van der Waals surface area contributed by atoms with Gasteiger partial charge in [-0.05, 0) is 42.1 Å². The van der Waals surface area contributed by atoms with Crippen molar-refractivity contribution in [3.8, 4) is 0 Å². The monoisotopic (exact) mass is 298 g/mol. The summed E-state index contributed by atoms with van der Waals surface area (Å²) in [7, 11) is 0. The standard InChI is InChI=1S/C18H22N2O2/c19-18(22)17-11-15(21)12-20(17)10-4-8-14-7-3-6-13-5-1-2-9-16(13)14/h1-3,5-7,9,15,17,21H,4,8,10-12H2,(H2,19,22). The SMILES string of the molecule is NC(=O)C1CC(O)CN1CCCc1cccc2ccccc12. The van der Waals surface area contributed by atoms with Gasteiger partial charge < -0.3 is 10.8 Å². The molecule has 1 fully saturated rings. The number of likely N-dealkylation sites (tertiary alicyclic amines) is 1. The molecule has 3 rings (SSSR count). The fraction of sp³-hybridized carbons (Fsp3) is 0.389. The third-order valence-electron chi connectivity index (χ3n) is 4.48. The Morgan fingerprint density at radius 1 is 1.23 bits per heavy atom. The fourth-order valence-corrected chi connectivity index (χ4v) is 3.41. The summed E-state index contributed by atoms with van der Waals surface area (Å²) in [5.41, 5.74) is 6.74. The first kappa shape index (κ1) is 15.0. The fourth-order valence-electron chi connectivity index (χ4n) is 3.41. The van der Waals surface area contributed by atoms with E-state index in [2.05, 4.69) is 42.5 Å². The minimum absolute atomic E-state index is 0.317. The topological polar surface area (TPSA) is 66.6 Å². The second kappa shape index (κ2) is 6.46. The second-order valence-electron chi connectivity index (χ2n) is 6.04. The molecule has 4 nitrogen and oxygen atoms in total. The number of aliphatic hydroxyl groups excluding tert-OH is 1. The third-order valence-corrected chi connectivity index (χ3v) is 4.48. The van der Waals surface area contributed by atoms with Crippen molar-refractivity contribution in [1.82, 2.24) is 4.90 Å². The van der Waals surface area contributed by atoms with Crippen LogP contribution in [0.25, 0.3) is 10.8 Å². The summed E-state index contributed by atoms with van der Waals surface area (Å²) in [4.78, 5) is 13.4. The first-order valence-electron chi connectivity index (χ1n) is 7.83. The lowest BCUT2D eigenvalue weighted by Crippen LogP contribution is -2.40. The van der Waals surface area contributed by atoms with Gasteiger partial charge in [0.15, 0.2) is 0 Å². The van der Waals surface area contributed by atoms with Gasteiger partial charge in [-0.3, -0.25) is 9.69 Å². The number of nitrogens with two attached hydrogens (primary N) is 1. The molecule has 1 heterocycles. The number of carbonyl (C=O) groups excluding carboxylic acids is 1. The zero-order chi connectivity index (χ0) is 15.5. The van der Waals surface area contributed by atoms with Crippen LogP contribution in [0.5, 0.6) is 0 Å². The van der Waals surface area contributed by atoms with Crippen LogP contribution in [0.4, 0.5) is 0 Å². The Kier molecular flexibility index (Phi) is 4.41. The number of aryl methyl sites for hydroxylation is 1. The minimum atomic E-state index is -0.435. The Bertz CT molecular complexity index is 666. The van der Waals surface area contributed by atoms with E-state index in [1.165, 1.54) is 16.3 Å². The summed E-state index contributed by atoms with van der Waals surface area (Å²) in [6.07, 6.45) is 1.93. The molecule has 0 bridgehead atoms. The van der Waals surface area contributed by atoms with Crippen molar-refractivity contribution in [3.63, 3.8) is 0 Å². The van der Waals surface area contributed by atoms with Crippen LogP contribution < -0.4 is 5.73 Å². The highest BCUT2D eigenvalue weighted by molar-refractivity contribution is 5.85. The number of benzene rings is 2. The van der Waals surface area contributed by atoms with Crippen molar-refractivity contribution in [2.75, 3.05) is 13.1 Å². The van der Waals surface area contributed by atoms with Crippen molar-refractivity contribution in [2.45, 2.75) is 31.4 Å². The first-order valence-corrected chi connectivity index (χ1v) is 7.83. The predicted molar refractivity (Wildman–Crippen MR) is 87.4 cm³/mol. The number of aliphatic hydroxyl groups is 1. The lowest BCUT2D eigenvalue weighted by Gasteiger charge is -2.21. The molecule has 0 saturated carbocycles. The van der Waals surface area contributed by atoms with Gasteiger partial charge in [-0.1, -0.05) is 42.5 Å². The Labute approximate surface area is 130 Å². The van der Waals surface area contributed by atoms with Crippen molar-refractivity contribution in [2.24, 2.45) is 5.73 Å². The van der Waals surface area contributed by atoms with Gasteiger partial charge in [0.1, 0.15) is 0 Å². The maximum Gasteiger partial charge on any atom is 0.234 e. The Hall–Kier alpha value is -1.91. The molecule has 2 aromatic carbocycles. The maximum absolute atomic E-state index is 11.4. The van der Waals surface area contributed by atoms with Crippen LogP contribution in [0.2, 0.25) is 0 Å². The molecule has 1 aliphatic rings. The molecule has 1 saturated heterocycles.